The molecular formula is C12H12N2OS. The Balaban J connectivity index is 2.24. The highest BCUT2D eigenvalue weighted by atomic mass is 32.2. The zero-order valence-electron chi connectivity index (χ0n) is 8.80. The number of nitrogens with zero attached hydrogens (tertiary/aromatic N) is 2. The summed E-state index contributed by atoms with van der Waals surface area (Å²) >= 11 is 0. The molecule has 0 radical (unpaired) electrons. The standard InChI is InChI=1S/C12H12N2OS/c15-16(8-3-9-16)14-11-6-1-4-10-5-2-7-13-12(10)11/h1-2,4-7H,3,8-9H2. The average molecular weight is 232 g/mol. The Morgan fingerprint density at radius 3 is 2.75 bits per heavy atom. The predicted molar refractivity (Wildman–Crippen MR) is 66.3 cm³/mol. The van der Waals surface area contributed by atoms with Crippen LogP contribution in [0.2, 0.25) is 0 Å². The quantitative estimate of drug-likeness (QED) is 0.758. The van der Waals surface area contributed by atoms with Crippen molar-refractivity contribution in [1.82, 2.24) is 4.98 Å². The molecule has 2 aromatic rings. The van der Waals surface area contributed by atoms with Gasteiger partial charge in [0.15, 0.2) is 0 Å². The third kappa shape index (κ3) is 1.59. The maximum atomic E-state index is 12.1. The van der Waals surface area contributed by atoms with Crippen LogP contribution in [0.3, 0.4) is 0 Å². The van der Waals surface area contributed by atoms with Crippen molar-refractivity contribution in [3.05, 3.63) is 36.5 Å². The largest absolute Gasteiger partial charge is 0.254 e. The monoisotopic (exact) mass is 232 g/mol. The highest BCUT2D eigenvalue weighted by Gasteiger charge is 2.19. The third-order valence-electron chi connectivity index (χ3n) is 2.80. The fourth-order valence-corrected chi connectivity index (χ4v) is 3.29. The molecule has 0 aliphatic carbocycles. The molecule has 3 rings (SSSR count). The van der Waals surface area contributed by atoms with Gasteiger partial charge in [0, 0.05) is 23.1 Å². The second-order valence-electron chi connectivity index (χ2n) is 3.98. The zero-order chi connectivity index (χ0) is 11.0. The fourth-order valence-electron chi connectivity index (χ4n) is 1.82. The van der Waals surface area contributed by atoms with Crippen molar-refractivity contribution in [2.45, 2.75) is 6.42 Å². The van der Waals surface area contributed by atoms with Gasteiger partial charge in [-0.05, 0) is 18.6 Å². The molecule has 0 N–H and O–H groups in total. The highest BCUT2D eigenvalue weighted by Crippen LogP contribution is 2.27. The number of rotatable bonds is 1. The first-order chi connectivity index (χ1) is 7.77. The van der Waals surface area contributed by atoms with Crippen molar-refractivity contribution < 1.29 is 4.21 Å². The first-order valence-corrected chi connectivity index (χ1v) is 7.18. The second kappa shape index (κ2) is 3.56. The summed E-state index contributed by atoms with van der Waals surface area (Å²) in [6.07, 6.45) is 2.77. The molecule has 1 aliphatic rings. The van der Waals surface area contributed by atoms with Crippen molar-refractivity contribution >= 4 is 26.3 Å². The average Bonchev–Trinajstić information content (AvgIpc) is 2.27. The summed E-state index contributed by atoms with van der Waals surface area (Å²) in [4.78, 5) is 4.30. The molecule has 0 saturated carbocycles. The van der Waals surface area contributed by atoms with Gasteiger partial charge in [0.1, 0.15) is 0 Å². The minimum Gasteiger partial charge on any atom is -0.254 e. The van der Waals surface area contributed by atoms with E-state index >= 15 is 0 Å². The van der Waals surface area contributed by atoms with Crippen LogP contribution in [0.4, 0.5) is 5.69 Å². The van der Waals surface area contributed by atoms with Gasteiger partial charge in [0.2, 0.25) is 0 Å². The van der Waals surface area contributed by atoms with Crippen LogP contribution in [0.15, 0.2) is 40.9 Å². The molecule has 0 spiro atoms. The van der Waals surface area contributed by atoms with Crippen LogP contribution < -0.4 is 0 Å². The van der Waals surface area contributed by atoms with E-state index in [0.29, 0.717) is 0 Å². The number of aromatic nitrogens is 1. The number of fused-ring (bicyclic) bond motifs is 1. The molecule has 0 bridgehead atoms. The Labute approximate surface area is 94.7 Å². The molecule has 16 heavy (non-hydrogen) atoms. The molecule has 0 unspecified atom stereocenters. The van der Waals surface area contributed by atoms with Gasteiger partial charge in [-0.15, -0.1) is 0 Å². The van der Waals surface area contributed by atoms with Crippen LogP contribution in [0.1, 0.15) is 6.42 Å². The molecular weight excluding hydrogens is 220 g/mol. The van der Waals surface area contributed by atoms with Crippen LogP contribution in [-0.4, -0.2) is 20.7 Å². The molecule has 2 heterocycles. The molecule has 82 valence electrons. The van der Waals surface area contributed by atoms with Crippen LogP contribution in [0, 0.1) is 0 Å². The third-order valence-corrected chi connectivity index (χ3v) is 5.19. The summed E-state index contributed by atoms with van der Waals surface area (Å²) in [5.74, 6) is 1.46. The first-order valence-electron chi connectivity index (χ1n) is 5.33. The van der Waals surface area contributed by atoms with E-state index in [4.69, 9.17) is 0 Å². The van der Waals surface area contributed by atoms with Crippen molar-refractivity contribution in [3.63, 3.8) is 0 Å². The van der Waals surface area contributed by atoms with E-state index in [1.807, 2.05) is 30.3 Å². The van der Waals surface area contributed by atoms with Crippen LogP contribution in [0.5, 0.6) is 0 Å². The van der Waals surface area contributed by atoms with Crippen molar-refractivity contribution in [2.75, 3.05) is 11.5 Å². The smallest absolute Gasteiger partial charge is 0.0992 e. The lowest BCUT2D eigenvalue weighted by Crippen LogP contribution is -2.22. The molecule has 0 amide bonds. The van der Waals surface area contributed by atoms with Gasteiger partial charge in [-0.3, -0.25) is 4.98 Å². The summed E-state index contributed by atoms with van der Waals surface area (Å²) in [5.41, 5.74) is 1.61. The molecule has 1 aromatic heterocycles. The molecule has 1 fully saturated rings. The molecule has 1 saturated heterocycles. The van der Waals surface area contributed by atoms with Gasteiger partial charge in [0.25, 0.3) is 0 Å². The van der Waals surface area contributed by atoms with Gasteiger partial charge >= 0.3 is 0 Å². The molecule has 3 nitrogen and oxygen atoms in total. The van der Waals surface area contributed by atoms with E-state index in [2.05, 4.69) is 9.35 Å². The van der Waals surface area contributed by atoms with Gasteiger partial charge in [-0.1, -0.05) is 18.2 Å². The van der Waals surface area contributed by atoms with Crippen molar-refractivity contribution in [2.24, 2.45) is 4.36 Å². The Morgan fingerprint density at radius 1 is 1.19 bits per heavy atom. The molecule has 0 atom stereocenters. The Kier molecular flexibility index (Phi) is 2.17. The molecule has 4 heteroatoms. The summed E-state index contributed by atoms with van der Waals surface area (Å²) in [6.45, 7) is 0. The van der Waals surface area contributed by atoms with Crippen molar-refractivity contribution in [3.8, 4) is 0 Å². The first kappa shape index (κ1) is 9.78. The summed E-state index contributed by atoms with van der Waals surface area (Å²) < 4.78 is 16.4. The number of pyridine rings is 1. The Hall–Kier alpha value is -1.42. The van der Waals surface area contributed by atoms with Gasteiger partial charge in [0.05, 0.1) is 20.9 Å². The zero-order valence-corrected chi connectivity index (χ0v) is 9.61. The van der Waals surface area contributed by atoms with E-state index < -0.39 is 9.73 Å². The highest BCUT2D eigenvalue weighted by molar-refractivity contribution is 7.95. The van der Waals surface area contributed by atoms with Crippen LogP contribution in [-0.2, 0) is 9.73 Å². The second-order valence-corrected chi connectivity index (χ2v) is 6.52. The van der Waals surface area contributed by atoms with E-state index in [1.165, 1.54) is 0 Å². The van der Waals surface area contributed by atoms with E-state index in [-0.39, 0.29) is 0 Å². The van der Waals surface area contributed by atoms with Crippen LogP contribution in [0.25, 0.3) is 10.9 Å². The maximum Gasteiger partial charge on any atom is 0.0992 e. The summed E-state index contributed by atoms with van der Waals surface area (Å²) in [7, 11) is -1.95. The minimum atomic E-state index is -1.95. The van der Waals surface area contributed by atoms with Gasteiger partial charge in [-0.25, -0.2) is 4.21 Å². The van der Waals surface area contributed by atoms with E-state index in [9.17, 15) is 4.21 Å². The number of benzene rings is 1. The maximum absolute atomic E-state index is 12.1. The van der Waals surface area contributed by atoms with Gasteiger partial charge < -0.3 is 0 Å². The molecule has 1 aromatic carbocycles. The number of hydrogen-bond acceptors (Lipinski definition) is 3. The summed E-state index contributed by atoms with van der Waals surface area (Å²) in [5, 5.41) is 1.05. The lowest BCUT2D eigenvalue weighted by molar-refractivity contribution is 0.663. The lowest BCUT2D eigenvalue weighted by atomic mass is 10.2. The topological polar surface area (TPSA) is 42.3 Å². The normalized spacial score (nSPS) is 18.0. The SMILES string of the molecule is O=S1(=Nc2cccc3cccnc23)CCC1. The molecule has 1 aliphatic heterocycles. The van der Waals surface area contributed by atoms with Gasteiger partial charge in [-0.2, -0.15) is 4.36 Å². The fraction of sp³-hybridized carbons (Fsp3) is 0.250. The lowest BCUT2D eigenvalue weighted by Gasteiger charge is -2.17. The number of hydrogen-bond donors (Lipinski definition) is 0. The summed E-state index contributed by atoms with van der Waals surface area (Å²) in [6, 6.07) is 9.71. The predicted octanol–water partition coefficient (Wildman–Crippen LogP) is 2.74. The van der Waals surface area contributed by atoms with Crippen molar-refractivity contribution in [1.29, 1.82) is 0 Å². The minimum absolute atomic E-state index is 0.732. The Bertz CT molecular complexity index is 642. The number of para-hydroxylation sites is 1. The van der Waals surface area contributed by atoms with E-state index in [1.54, 1.807) is 6.20 Å². The van der Waals surface area contributed by atoms with Crippen LogP contribution >= 0.6 is 0 Å². The Morgan fingerprint density at radius 2 is 2.00 bits per heavy atom. The van der Waals surface area contributed by atoms with E-state index in [0.717, 1.165) is 34.5 Å².